The summed E-state index contributed by atoms with van der Waals surface area (Å²) in [6.45, 7) is 2.32. The lowest BCUT2D eigenvalue weighted by Gasteiger charge is -2.00. The van der Waals surface area contributed by atoms with Crippen molar-refractivity contribution >= 4 is 22.9 Å². The van der Waals surface area contributed by atoms with E-state index in [2.05, 4.69) is 31.7 Å². The summed E-state index contributed by atoms with van der Waals surface area (Å²) in [5.41, 5.74) is 0. The van der Waals surface area contributed by atoms with Gasteiger partial charge < -0.3 is 5.32 Å². The highest BCUT2D eigenvalue weighted by atomic mass is 127. The molecule has 0 bridgehead atoms. The zero-order valence-corrected chi connectivity index (χ0v) is 6.23. The van der Waals surface area contributed by atoms with Crippen LogP contribution in [0, 0.1) is 0 Å². The molecule has 0 saturated carbocycles. The van der Waals surface area contributed by atoms with Crippen LogP contribution >= 0.6 is 22.9 Å². The third kappa shape index (κ3) is 1.54. The number of hydrogen-bond acceptors (Lipinski definition) is 2. The molecule has 1 saturated heterocycles. The molecule has 1 aliphatic heterocycles. The summed E-state index contributed by atoms with van der Waals surface area (Å²) in [6.07, 6.45) is 1.28. The summed E-state index contributed by atoms with van der Waals surface area (Å²) in [5.74, 6) is 0. The van der Waals surface area contributed by atoms with Crippen molar-refractivity contribution in [1.82, 2.24) is 8.85 Å². The molecule has 0 aliphatic carbocycles. The van der Waals surface area contributed by atoms with Gasteiger partial charge >= 0.3 is 0 Å². The molecule has 2 N–H and O–H groups in total. The van der Waals surface area contributed by atoms with E-state index in [4.69, 9.17) is 0 Å². The fourth-order valence-electron chi connectivity index (χ4n) is 0.748. The van der Waals surface area contributed by atoms with E-state index in [-0.39, 0.29) is 0 Å². The average Bonchev–Trinajstić information content (AvgIpc) is 2.14. The summed E-state index contributed by atoms with van der Waals surface area (Å²) in [6, 6.07) is 0.723. The zero-order valence-electron chi connectivity index (χ0n) is 4.08. The van der Waals surface area contributed by atoms with E-state index in [1.807, 2.05) is 0 Å². The highest BCUT2D eigenvalue weighted by Crippen LogP contribution is 1.97. The van der Waals surface area contributed by atoms with E-state index in [0.717, 1.165) is 12.6 Å². The van der Waals surface area contributed by atoms with Gasteiger partial charge in [-0.25, -0.2) is 0 Å². The molecule has 3 heteroatoms. The first-order chi connectivity index (χ1) is 3.43. The Balaban J connectivity index is 2.14. The van der Waals surface area contributed by atoms with Gasteiger partial charge in [0.25, 0.3) is 0 Å². The van der Waals surface area contributed by atoms with E-state index in [1.54, 1.807) is 0 Å². The van der Waals surface area contributed by atoms with Crippen LogP contribution in [0.5, 0.6) is 0 Å². The summed E-state index contributed by atoms with van der Waals surface area (Å²) in [4.78, 5) is 0. The molecule has 42 valence electrons. The van der Waals surface area contributed by atoms with Crippen molar-refractivity contribution in [2.24, 2.45) is 0 Å². The van der Waals surface area contributed by atoms with Crippen LogP contribution in [-0.4, -0.2) is 19.1 Å². The highest BCUT2D eigenvalue weighted by molar-refractivity contribution is 14.1. The Labute approximate surface area is 57.5 Å². The van der Waals surface area contributed by atoms with Gasteiger partial charge in [0.05, 0.1) is 0 Å². The first kappa shape index (κ1) is 5.78. The molecule has 0 unspecified atom stereocenters. The Hall–Kier alpha value is 0.650. The number of hydrogen-bond donors (Lipinski definition) is 2. The van der Waals surface area contributed by atoms with E-state index < -0.39 is 0 Å². The van der Waals surface area contributed by atoms with Crippen molar-refractivity contribution in [3.63, 3.8) is 0 Å². The third-order valence-electron chi connectivity index (χ3n) is 1.21. The quantitative estimate of drug-likeness (QED) is 0.482. The Morgan fingerprint density at radius 1 is 1.71 bits per heavy atom. The maximum Gasteiger partial charge on any atom is 0.0300 e. The minimum atomic E-state index is 0.723. The predicted molar refractivity (Wildman–Crippen MR) is 38.4 cm³/mol. The van der Waals surface area contributed by atoms with Crippen LogP contribution in [0.15, 0.2) is 0 Å². The third-order valence-corrected chi connectivity index (χ3v) is 2.10. The van der Waals surface area contributed by atoms with Crippen LogP contribution in [0.1, 0.15) is 6.42 Å². The normalized spacial score (nSPS) is 31.3. The minimum absolute atomic E-state index is 0.723. The average molecular weight is 212 g/mol. The molecule has 0 aromatic heterocycles. The lowest BCUT2D eigenvalue weighted by Crippen LogP contribution is -2.22. The fourth-order valence-corrected chi connectivity index (χ4v) is 1.28. The van der Waals surface area contributed by atoms with Gasteiger partial charge in [0.15, 0.2) is 0 Å². The molecule has 0 amide bonds. The van der Waals surface area contributed by atoms with Crippen LogP contribution in [0.4, 0.5) is 0 Å². The summed E-state index contributed by atoms with van der Waals surface area (Å²) >= 11 is 2.20. The van der Waals surface area contributed by atoms with Gasteiger partial charge in [0.2, 0.25) is 0 Å². The first-order valence-electron chi connectivity index (χ1n) is 2.50. The summed E-state index contributed by atoms with van der Waals surface area (Å²) in [5, 5.41) is 3.26. The molecule has 0 spiro atoms. The topological polar surface area (TPSA) is 24.1 Å². The molecule has 2 nitrogen and oxygen atoms in total. The lowest BCUT2D eigenvalue weighted by molar-refractivity contribution is 0.711. The van der Waals surface area contributed by atoms with Crippen molar-refractivity contribution in [2.45, 2.75) is 12.5 Å². The van der Waals surface area contributed by atoms with Gasteiger partial charge in [-0.3, -0.25) is 3.53 Å². The molecule has 1 atom stereocenters. The van der Waals surface area contributed by atoms with Crippen molar-refractivity contribution < 1.29 is 0 Å². The summed E-state index contributed by atoms with van der Waals surface area (Å²) < 4.78 is 3.17. The second-order valence-electron chi connectivity index (χ2n) is 1.80. The molecule has 1 aliphatic rings. The van der Waals surface area contributed by atoms with Crippen molar-refractivity contribution in [1.29, 1.82) is 0 Å². The van der Waals surface area contributed by atoms with Crippen LogP contribution in [0.3, 0.4) is 0 Å². The van der Waals surface area contributed by atoms with Gasteiger partial charge in [-0.05, 0) is 13.0 Å². The summed E-state index contributed by atoms with van der Waals surface area (Å²) in [7, 11) is 0. The fraction of sp³-hybridized carbons (Fsp3) is 1.00. The maximum atomic E-state index is 3.26. The monoisotopic (exact) mass is 212 g/mol. The van der Waals surface area contributed by atoms with Gasteiger partial charge in [-0.2, -0.15) is 0 Å². The zero-order chi connectivity index (χ0) is 5.11. The SMILES string of the molecule is IN[C@H]1CCNC1. The van der Waals surface area contributed by atoms with Gasteiger partial charge in [-0.15, -0.1) is 0 Å². The Morgan fingerprint density at radius 2 is 2.57 bits per heavy atom. The standard InChI is InChI=1S/C4H9IN2/c5-7-4-1-2-6-3-4/h4,6-7H,1-3H2/t4-/m0/s1. The molecular formula is C4H9IN2. The van der Waals surface area contributed by atoms with Crippen LogP contribution in [0.2, 0.25) is 0 Å². The van der Waals surface area contributed by atoms with E-state index in [0.29, 0.717) is 0 Å². The predicted octanol–water partition coefficient (Wildman–Crippen LogP) is 0.288. The Kier molecular flexibility index (Phi) is 2.34. The van der Waals surface area contributed by atoms with Crippen molar-refractivity contribution in [3.8, 4) is 0 Å². The van der Waals surface area contributed by atoms with Crippen LogP contribution < -0.4 is 8.85 Å². The number of halogens is 1. The second-order valence-corrected chi connectivity index (χ2v) is 2.42. The molecule has 0 aromatic rings. The van der Waals surface area contributed by atoms with E-state index in [1.165, 1.54) is 13.0 Å². The molecule has 1 fully saturated rings. The largest absolute Gasteiger partial charge is 0.315 e. The highest BCUT2D eigenvalue weighted by Gasteiger charge is 2.10. The van der Waals surface area contributed by atoms with Crippen LogP contribution in [-0.2, 0) is 0 Å². The lowest BCUT2D eigenvalue weighted by atomic mass is 10.3. The molecule has 1 heterocycles. The molecule has 0 aromatic carbocycles. The molecule has 1 rings (SSSR count). The van der Waals surface area contributed by atoms with E-state index >= 15 is 0 Å². The minimum Gasteiger partial charge on any atom is -0.315 e. The Morgan fingerprint density at radius 3 is 2.86 bits per heavy atom. The van der Waals surface area contributed by atoms with Crippen molar-refractivity contribution in [3.05, 3.63) is 0 Å². The van der Waals surface area contributed by atoms with Gasteiger partial charge in [-0.1, -0.05) is 0 Å². The van der Waals surface area contributed by atoms with Crippen molar-refractivity contribution in [2.75, 3.05) is 13.1 Å². The maximum absolute atomic E-state index is 3.26. The number of nitrogens with one attached hydrogen (secondary N) is 2. The second kappa shape index (κ2) is 2.84. The molecular weight excluding hydrogens is 203 g/mol. The molecule has 7 heavy (non-hydrogen) atoms. The van der Waals surface area contributed by atoms with Gasteiger partial charge in [0, 0.05) is 35.5 Å². The number of rotatable bonds is 1. The van der Waals surface area contributed by atoms with Gasteiger partial charge in [0.1, 0.15) is 0 Å². The van der Waals surface area contributed by atoms with Crippen LogP contribution in [0.25, 0.3) is 0 Å². The Bertz CT molecular complexity index is 51.7. The van der Waals surface area contributed by atoms with E-state index in [9.17, 15) is 0 Å². The molecule has 0 radical (unpaired) electrons. The first-order valence-corrected chi connectivity index (χ1v) is 3.58. The smallest absolute Gasteiger partial charge is 0.0300 e.